The molecule has 5 heteroatoms. The first-order valence-corrected chi connectivity index (χ1v) is 10.4. The van der Waals surface area contributed by atoms with Crippen molar-refractivity contribution in [1.29, 1.82) is 0 Å². The van der Waals surface area contributed by atoms with Crippen LogP contribution in [0.4, 0.5) is 0 Å². The fourth-order valence-corrected chi connectivity index (χ4v) is 4.05. The number of benzene rings is 3. The fraction of sp³-hybridized carbons (Fsp3) is 0.292. The minimum absolute atomic E-state index is 0.0357. The van der Waals surface area contributed by atoms with Crippen molar-refractivity contribution in [3.8, 4) is 0 Å². The van der Waals surface area contributed by atoms with Crippen molar-refractivity contribution in [2.45, 2.75) is 12.5 Å². The van der Waals surface area contributed by atoms with E-state index in [2.05, 4.69) is 28.4 Å². The molecule has 1 unspecified atom stereocenters. The molecule has 1 saturated heterocycles. The maximum Gasteiger partial charge on any atom is 0.224 e. The van der Waals surface area contributed by atoms with Gasteiger partial charge in [-0.25, -0.2) is 0 Å². The molecule has 1 atom stereocenters. The highest BCUT2D eigenvalue weighted by Crippen LogP contribution is 2.23. The predicted octanol–water partition coefficient (Wildman–Crippen LogP) is 4.23. The lowest BCUT2D eigenvalue weighted by Gasteiger charge is -2.35. The number of halogens is 1. The summed E-state index contributed by atoms with van der Waals surface area (Å²) in [6.45, 7) is 3.70. The van der Waals surface area contributed by atoms with Crippen molar-refractivity contribution in [3.63, 3.8) is 0 Å². The van der Waals surface area contributed by atoms with Gasteiger partial charge in [-0.2, -0.15) is 0 Å². The van der Waals surface area contributed by atoms with E-state index in [-0.39, 0.29) is 11.9 Å². The standard InChI is InChI=1S/C24H25ClN2O2/c25-21-10-8-19(9-11-21)23(27-12-14-29-15-13-27)17-26-24(28)16-20-6-3-5-18-4-1-2-7-22(18)20/h1-11,23H,12-17H2,(H,26,28). The van der Waals surface area contributed by atoms with Crippen molar-refractivity contribution >= 4 is 28.3 Å². The molecule has 1 aliphatic rings. The average molecular weight is 409 g/mol. The van der Waals surface area contributed by atoms with Crippen molar-refractivity contribution in [3.05, 3.63) is 82.9 Å². The van der Waals surface area contributed by atoms with Gasteiger partial charge in [-0.05, 0) is 34.0 Å². The summed E-state index contributed by atoms with van der Waals surface area (Å²) in [5, 5.41) is 6.16. The third kappa shape index (κ3) is 4.96. The van der Waals surface area contributed by atoms with E-state index >= 15 is 0 Å². The number of carbonyl (C=O) groups excluding carboxylic acids is 1. The second kappa shape index (κ2) is 9.40. The quantitative estimate of drug-likeness (QED) is 0.663. The van der Waals surface area contributed by atoms with E-state index in [0.29, 0.717) is 26.2 Å². The third-order valence-electron chi connectivity index (χ3n) is 5.46. The van der Waals surface area contributed by atoms with Gasteiger partial charge in [-0.3, -0.25) is 9.69 Å². The number of nitrogens with zero attached hydrogens (tertiary/aromatic N) is 1. The maximum absolute atomic E-state index is 12.8. The summed E-state index contributed by atoms with van der Waals surface area (Å²) < 4.78 is 5.50. The van der Waals surface area contributed by atoms with Gasteiger partial charge in [0, 0.05) is 24.7 Å². The SMILES string of the molecule is O=C(Cc1cccc2ccccc12)NCC(c1ccc(Cl)cc1)N1CCOCC1. The van der Waals surface area contributed by atoms with Gasteiger partial charge in [0.2, 0.25) is 5.91 Å². The van der Waals surface area contributed by atoms with E-state index in [9.17, 15) is 4.79 Å². The monoisotopic (exact) mass is 408 g/mol. The normalized spacial score (nSPS) is 15.9. The fourth-order valence-electron chi connectivity index (χ4n) is 3.92. The third-order valence-corrected chi connectivity index (χ3v) is 5.72. The number of hydrogen-bond acceptors (Lipinski definition) is 3. The van der Waals surface area contributed by atoms with Crippen LogP contribution in [0.15, 0.2) is 66.7 Å². The van der Waals surface area contributed by atoms with Gasteiger partial charge in [-0.1, -0.05) is 66.2 Å². The summed E-state index contributed by atoms with van der Waals surface area (Å²) in [6.07, 6.45) is 0.373. The van der Waals surface area contributed by atoms with Crippen LogP contribution < -0.4 is 5.32 Å². The Bertz CT molecular complexity index is 963. The lowest BCUT2D eigenvalue weighted by Crippen LogP contribution is -2.44. The van der Waals surface area contributed by atoms with Crippen LogP contribution >= 0.6 is 11.6 Å². The molecule has 4 nitrogen and oxygen atoms in total. The lowest BCUT2D eigenvalue weighted by atomic mass is 10.0. The molecule has 1 N–H and O–H groups in total. The van der Waals surface area contributed by atoms with Gasteiger partial charge in [0.1, 0.15) is 0 Å². The predicted molar refractivity (Wildman–Crippen MR) is 117 cm³/mol. The smallest absolute Gasteiger partial charge is 0.224 e. The van der Waals surface area contributed by atoms with Gasteiger partial charge < -0.3 is 10.1 Å². The van der Waals surface area contributed by atoms with E-state index in [0.717, 1.165) is 40.0 Å². The zero-order valence-electron chi connectivity index (χ0n) is 16.3. The Morgan fingerprint density at radius 1 is 1.00 bits per heavy atom. The molecule has 4 rings (SSSR count). The van der Waals surface area contributed by atoms with Crippen LogP contribution in [0.25, 0.3) is 10.8 Å². The number of fused-ring (bicyclic) bond motifs is 1. The van der Waals surface area contributed by atoms with E-state index < -0.39 is 0 Å². The minimum Gasteiger partial charge on any atom is -0.379 e. The highest BCUT2D eigenvalue weighted by atomic mass is 35.5. The molecule has 0 aromatic heterocycles. The zero-order valence-corrected chi connectivity index (χ0v) is 17.1. The van der Waals surface area contributed by atoms with Crippen LogP contribution in [0.5, 0.6) is 0 Å². The van der Waals surface area contributed by atoms with Gasteiger partial charge in [0.05, 0.1) is 25.7 Å². The Morgan fingerprint density at radius 2 is 1.72 bits per heavy atom. The Labute approximate surface area is 176 Å². The summed E-state index contributed by atoms with van der Waals surface area (Å²) in [4.78, 5) is 15.1. The van der Waals surface area contributed by atoms with Gasteiger partial charge in [0.15, 0.2) is 0 Å². The molecule has 0 aliphatic carbocycles. The number of hydrogen-bond donors (Lipinski definition) is 1. The molecule has 0 bridgehead atoms. The number of carbonyl (C=O) groups is 1. The first-order valence-electron chi connectivity index (χ1n) is 10.0. The molecule has 1 fully saturated rings. The summed E-state index contributed by atoms with van der Waals surface area (Å²) in [6, 6.07) is 22.3. The maximum atomic E-state index is 12.8. The number of morpholine rings is 1. The van der Waals surface area contributed by atoms with E-state index in [1.165, 1.54) is 0 Å². The number of nitrogens with one attached hydrogen (secondary N) is 1. The van der Waals surface area contributed by atoms with Crippen LogP contribution in [0.1, 0.15) is 17.2 Å². The van der Waals surface area contributed by atoms with Gasteiger partial charge in [0.25, 0.3) is 0 Å². The Kier molecular flexibility index (Phi) is 6.45. The van der Waals surface area contributed by atoms with Gasteiger partial charge in [-0.15, -0.1) is 0 Å². The van der Waals surface area contributed by atoms with Crippen molar-refractivity contribution in [2.75, 3.05) is 32.8 Å². The van der Waals surface area contributed by atoms with Crippen LogP contribution in [0, 0.1) is 0 Å². The topological polar surface area (TPSA) is 41.6 Å². The van der Waals surface area contributed by atoms with Crippen LogP contribution in [-0.4, -0.2) is 43.7 Å². The molecule has 0 spiro atoms. The number of ether oxygens (including phenoxy) is 1. The first kappa shape index (κ1) is 19.9. The molecular formula is C24H25ClN2O2. The molecule has 1 aliphatic heterocycles. The van der Waals surface area contributed by atoms with Crippen molar-refractivity contribution in [2.24, 2.45) is 0 Å². The molecule has 0 radical (unpaired) electrons. The molecular weight excluding hydrogens is 384 g/mol. The molecule has 1 heterocycles. The highest BCUT2D eigenvalue weighted by Gasteiger charge is 2.23. The molecule has 150 valence electrons. The summed E-state index contributed by atoms with van der Waals surface area (Å²) in [7, 11) is 0. The van der Waals surface area contributed by atoms with E-state index in [1.807, 2.05) is 48.5 Å². The van der Waals surface area contributed by atoms with Crippen molar-refractivity contribution in [1.82, 2.24) is 10.2 Å². The minimum atomic E-state index is 0.0357. The van der Waals surface area contributed by atoms with E-state index in [4.69, 9.17) is 16.3 Å². The van der Waals surface area contributed by atoms with Crippen LogP contribution in [-0.2, 0) is 16.0 Å². The molecule has 3 aromatic rings. The number of rotatable bonds is 6. The van der Waals surface area contributed by atoms with Crippen LogP contribution in [0.2, 0.25) is 5.02 Å². The summed E-state index contributed by atoms with van der Waals surface area (Å²) in [5.41, 5.74) is 2.21. The highest BCUT2D eigenvalue weighted by molar-refractivity contribution is 6.30. The average Bonchev–Trinajstić information content (AvgIpc) is 2.76. The Balaban J connectivity index is 1.46. The molecule has 0 saturated carbocycles. The Hall–Kier alpha value is -2.40. The first-order chi connectivity index (χ1) is 14.2. The summed E-state index contributed by atoms with van der Waals surface area (Å²) in [5.74, 6) is 0.0357. The lowest BCUT2D eigenvalue weighted by molar-refractivity contribution is -0.120. The Morgan fingerprint density at radius 3 is 2.52 bits per heavy atom. The van der Waals surface area contributed by atoms with Crippen LogP contribution in [0.3, 0.4) is 0 Å². The van der Waals surface area contributed by atoms with E-state index in [1.54, 1.807) is 0 Å². The number of amides is 1. The zero-order chi connectivity index (χ0) is 20.1. The molecule has 1 amide bonds. The van der Waals surface area contributed by atoms with Gasteiger partial charge >= 0.3 is 0 Å². The molecule has 3 aromatic carbocycles. The second-order valence-corrected chi connectivity index (χ2v) is 7.77. The largest absolute Gasteiger partial charge is 0.379 e. The molecule has 29 heavy (non-hydrogen) atoms. The van der Waals surface area contributed by atoms with Crippen molar-refractivity contribution < 1.29 is 9.53 Å². The summed E-state index contributed by atoms with van der Waals surface area (Å²) >= 11 is 6.06. The second-order valence-electron chi connectivity index (χ2n) is 7.33.